The minimum absolute atomic E-state index is 0.144. The van der Waals surface area contributed by atoms with Crippen molar-refractivity contribution in [3.05, 3.63) is 29.8 Å². The van der Waals surface area contributed by atoms with Gasteiger partial charge in [-0.25, -0.2) is 9.37 Å². The number of fused-ring (bicyclic) bond motifs is 1. The molecule has 4 nitrogen and oxygen atoms in total. The first-order valence-electron chi connectivity index (χ1n) is 5.28. The van der Waals surface area contributed by atoms with Gasteiger partial charge in [0.1, 0.15) is 11.5 Å². The number of hydrogen-bond acceptors (Lipinski definition) is 3. The van der Waals surface area contributed by atoms with Crippen molar-refractivity contribution in [2.24, 2.45) is 0 Å². The van der Waals surface area contributed by atoms with Gasteiger partial charge in [-0.2, -0.15) is 0 Å². The molecule has 1 fully saturated rings. The maximum atomic E-state index is 13.0. The second kappa shape index (κ2) is 3.84. The minimum Gasteiger partial charge on any atom is -0.378 e. The Labute approximate surface area is 91.8 Å². The Morgan fingerprint density at radius 1 is 1.44 bits per heavy atom. The molecule has 3 rings (SSSR count). The summed E-state index contributed by atoms with van der Waals surface area (Å²) in [7, 11) is 0. The number of aromatic nitrogens is 2. The van der Waals surface area contributed by atoms with Crippen LogP contribution in [0.4, 0.5) is 4.39 Å². The lowest BCUT2D eigenvalue weighted by atomic mass is 10.2. The average molecular weight is 221 g/mol. The molecule has 1 aliphatic heterocycles. The standard InChI is InChI=1S/C11H12FN3O/c12-8-3-7-4-9(15-11(7)14-5-8)10-6-16-2-1-13-10/h3-5,10,13H,1-2,6H2,(H,14,15). The predicted molar refractivity (Wildman–Crippen MR) is 57.6 cm³/mol. The number of morpholine rings is 1. The van der Waals surface area contributed by atoms with Gasteiger partial charge in [0.25, 0.3) is 0 Å². The highest BCUT2D eigenvalue weighted by Gasteiger charge is 2.17. The minimum atomic E-state index is -0.314. The third-order valence-corrected chi connectivity index (χ3v) is 2.75. The molecule has 2 N–H and O–H groups in total. The van der Waals surface area contributed by atoms with Crippen molar-refractivity contribution in [2.45, 2.75) is 6.04 Å². The van der Waals surface area contributed by atoms with Crippen LogP contribution >= 0.6 is 0 Å². The molecule has 0 aliphatic carbocycles. The highest BCUT2D eigenvalue weighted by Crippen LogP contribution is 2.20. The second-order valence-corrected chi connectivity index (χ2v) is 3.90. The summed E-state index contributed by atoms with van der Waals surface area (Å²) < 4.78 is 18.4. The third-order valence-electron chi connectivity index (χ3n) is 2.75. The van der Waals surface area contributed by atoms with Gasteiger partial charge in [-0.3, -0.25) is 0 Å². The largest absolute Gasteiger partial charge is 0.378 e. The molecular formula is C11H12FN3O. The molecule has 0 spiro atoms. The molecule has 1 saturated heterocycles. The Morgan fingerprint density at radius 2 is 2.38 bits per heavy atom. The Hall–Kier alpha value is -1.46. The topological polar surface area (TPSA) is 49.9 Å². The Kier molecular flexibility index (Phi) is 2.34. The van der Waals surface area contributed by atoms with Crippen LogP contribution in [0.15, 0.2) is 18.3 Å². The van der Waals surface area contributed by atoms with Crippen LogP contribution in [-0.2, 0) is 4.74 Å². The third kappa shape index (κ3) is 1.68. The summed E-state index contributed by atoms with van der Waals surface area (Å²) in [6.07, 6.45) is 1.22. The van der Waals surface area contributed by atoms with E-state index in [2.05, 4.69) is 15.3 Å². The summed E-state index contributed by atoms with van der Waals surface area (Å²) in [6.45, 7) is 2.21. The SMILES string of the molecule is Fc1cnc2[nH]c(C3COCCN3)cc2c1. The van der Waals surface area contributed by atoms with Crippen LogP contribution in [-0.4, -0.2) is 29.7 Å². The summed E-state index contributed by atoms with van der Waals surface area (Å²) >= 11 is 0. The molecule has 16 heavy (non-hydrogen) atoms. The van der Waals surface area contributed by atoms with Gasteiger partial charge in [-0.15, -0.1) is 0 Å². The van der Waals surface area contributed by atoms with Crippen LogP contribution in [0, 0.1) is 5.82 Å². The highest BCUT2D eigenvalue weighted by atomic mass is 19.1. The number of nitrogens with one attached hydrogen (secondary N) is 2. The number of pyridine rings is 1. The molecule has 1 unspecified atom stereocenters. The van der Waals surface area contributed by atoms with Gasteiger partial charge in [0.05, 0.1) is 25.5 Å². The molecule has 3 heterocycles. The maximum absolute atomic E-state index is 13.0. The fourth-order valence-electron chi connectivity index (χ4n) is 1.96. The smallest absolute Gasteiger partial charge is 0.142 e. The molecule has 0 aromatic carbocycles. The van der Waals surface area contributed by atoms with Crippen LogP contribution in [0.25, 0.3) is 11.0 Å². The molecule has 2 aromatic rings. The number of aromatic amines is 1. The lowest BCUT2D eigenvalue weighted by Gasteiger charge is -2.22. The van der Waals surface area contributed by atoms with E-state index in [9.17, 15) is 4.39 Å². The zero-order valence-electron chi connectivity index (χ0n) is 8.66. The van der Waals surface area contributed by atoms with E-state index < -0.39 is 0 Å². The van der Waals surface area contributed by atoms with Crippen LogP contribution < -0.4 is 5.32 Å². The van der Waals surface area contributed by atoms with Gasteiger partial charge >= 0.3 is 0 Å². The second-order valence-electron chi connectivity index (χ2n) is 3.90. The monoisotopic (exact) mass is 221 g/mol. The molecule has 0 radical (unpaired) electrons. The van der Waals surface area contributed by atoms with Crippen molar-refractivity contribution < 1.29 is 9.13 Å². The molecule has 1 aliphatic rings. The maximum Gasteiger partial charge on any atom is 0.142 e. The summed E-state index contributed by atoms with van der Waals surface area (Å²) in [4.78, 5) is 7.17. The number of H-pyrrole nitrogens is 1. The fourth-order valence-corrected chi connectivity index (χ4v) is 1.96. The van der Waals surface area contributed by atoms with E-state index in [1.54, 1.807) is 0 Å². The van der Waals surface area contributed by atoms with Crippen LogP contribution in [0.1, 0.15) is 11.7 Å². The van der Waals surface area contributed by atoms with E-state index >= 15 is 0 Å². The quantitative estimate of drug-likeness (QED) is 0.764. The number of halogens is 1. The molecule has 0 amide bonds. The average Bonchev–Trinajstić information content (AvgIpc) is 2.73. The molecule has 1 atom stereocenters. The van der Waals surface area contributed by atoms with Gasteiger partial charge in [-0.1, -0.05) is 0 Å². The molecular weight excluding hydrogens is 209 g/mol. The summed E-state index contributed by atoms with van der Waals surface area (Å²) in [5.74, 6) is -0.314. The van der Waals surface area contributed by atoms with Crippen LogP contribution in [0.5, 0.6) is 0 Å². The normalized spacial score (nSPS) is 21.4. The van der Waals surface area contributed by atoms with Crippen molar-refractivity contribution in [1.29, 1.82) is 0 Å². The van der Waals surface area contributed by atoms with Crippen molar-refractivity contribution in [3.63, 3.8) is 0 Å². The molecule has 84 valence electrons. The van der Waals surface area contributed by atoms with Crippen molar-refractivity contribution >= 4 is 11.0 Å². The number of nitrogens with zero attached hydrogens (tertiary/aromatic N) is 1. The summed E-state index contributed by atoms with van der Waals surface area (Å²) in [5.41, 5.74) is 1.71. The van der Waals surface area contributed by atoms with Crippen molar-refractivity contribution in [3.8, 4) is 0 Å². The highest BCUT2D eigenvalue weighted by molar-refractivity contribution is 5.76. The Balaban J connectivity index is 1.97. The first-order chi connectivity index (χ1) is 7.83. The molecule has 5 heteroatoms. The van der Waals surface area contributed by atoms with E-state index in [1.807, 2.05) is 6.07 Å². The fraction of sp³-hybridized carbons (Fsp3) is 0.364. The number of ether oxygens (including phenoxy) is 1. The van der Waals surface area contributed by atoms with Gasteiger partial charge in [0.2, 0.25) is 0 Å². The molecule has 2 aromatic heterocycles. The van der Waals surface area contributed by atoms with E-state index in [1.165, 1.54) is 12.3 Å². The molecule has 0 bridgehead atoms. The van der Waals surface area contributed by atoms with Gasteiger partial charge in [0.15, 0.2) is 0 Å². The first-order valence-corrected chi connectivity index (χ1v) is 5.28. The van der Waals surface area contributed by atoms with Gasteiger partial charge in [-0.05, 0) is 12.1 Å². The van der Waals surface area contributed by atoms with Gasteiger partial charge in [0, 0.05) is 17.6 Å². The Morgan fingerprint density at radius 3 is 3.19 bits per heavy atom. The van der Waals surface area contributed by atoms with E-state index in [0.29, 0.717) is 12.3 Å². The number of hydrogen-bond donors (Lipinski definition) is 2. The van der Waals surface area contributed by atoms with Crippen LogP contribution in [0.2, 0.25) is 0 Å². The zero-order chi connectivity index (χ0) is 11.0. The van der Waals surface area contributed by atoms with Gasteiger partial charge < -0.3 is 15.0 Å². The van der Waals surface area contributed by atoms with Crippen molar-refractivity contribution in [1.82, 2.24) is 15.3 Å². The Bertz CT molecular complexity index is 505. The van der Waals surface area contributed by atoms with E-state index in [-0.39, 0.29) is 11.9 Å². The predicted octanol–water partition coefficient (Wildman–Crippen LogP) is 1.36. The lowest BCUT2D eigenvalue weighted by molar-refractivity contribution is 0.0758. The van der Waals surface area contributed by atoms with Crippen molar-refractivity contribution in [2.75, 3.05) is 19.8 Å². The summed E-state index contributed by atoms with van der Waals surface area (Å²) in [6, 6.07) is 3.54. The first kappa shape index (κ1) is 9.74. The molecule has 0 saturated carbocycles. The number of rotatable bonds is 1. The van der Waals surface area contributed by atoms with E-state index in [0.717, 1.165) is 24.2 Å². The lowest BCUT2D eigenvalue weighted by Crippen LogP contribution is -2.34. The summed E-state index contributed by atoms with van der Waals surface area (Å²) in [5, 5.41) is 4.13. The van der Waals surface area contributed by atoms with Crippen LogP contribution in [0.3, 0.4) is 0 Å². The van der Waals surface area contributed by atoms with E-state index in [4.69, 9.17) is 4.74 Å². The zero-order valence-corrected chi connectivity index (χ0v) is 8.66.